The molecule has 1 fully saturated rings. The average molecular weight is 356 g/mol. The maximum atomic E-state index is 11.7. The first-order chi connectivity index (χ1) is 12.2. The molecule has 26 heavy (non-hydrogen) atoms. The Morgan fingerprint density at radius 3 is 2.65 bits per heavy atom. The fourth-order valence-electron chi connectivity index (χ4n) is 3.20. The Kier molecular flexibility index (Phi) is 5.03. The molecular weight excluding hydrogens is 328 g/mol. The molecule has 2 heterocycles. The Bertz CT molecular complexity index is 807. The minimum absolute atomic E-state index is 0.344. The lowest BCUT2D eigenvalue weighted by atomic mass is 9.94. The predicted molar refractivity (Wildman–Crippen MR) is 104 cm³/mol. The van der Waals surface area contributed by atoms with Crippen LogP contribution in [-0.2, 0) is 4.74 Å². The second-order valence-corrected chi connectivity index (χ2v) is 8.17. The smallest absolute Gasteiger partial charge is 0.407 e. The van der Waals surface area contributed by atoms with Gasteiger partial charge in [-0.15, -0.1) is 0 Å². The summed E-state index contributed by atoms with van der Waals surface area (Å²) in [5.41, 5.74) is 4.14. The number of alkyl carbamates (subject to hydrolysis) is 1. The van der Waals surface area contributed by atoms with Crippen molar-refractivity contribution in [1.29, 1.82) is 0 Å². The van der Waals surface area contributed by atoms with Gasteiger partial charge in [0, 0.05) is 25.0 Å². The van der Waals surface area contributed by atoms with Gasteiger partial charge in [-0.3, -0.25) is 0 Å². The summed E-state index contributed by atoms with van der Waals surface area (Å²) in [6.07, 6.45) is 2.46. The highest BCUT2D eigenvalue weighted by atomic mass is 16.6. The van der Waals surface area contributed by atoms with E-state index in [2.05, 4.69) is 46.4 Å². The van der Waals surface area contributed by atoms with Crippen molar-refractivity contribution in [3.63, 3.8) is 0 Å². The van der Waals surface area contributed by atoms with Crippen molar-refractivity contribution < 1.29 is 9.53 Å². The van der Waals surface area contributed by atoms with Crippen LogP contribution < -0.4 is 10.2 Å². The fraction of sp³-hybridized carbons (Fsp3) is 0.550. The molecule has 0 saturated carbocycles. The van der Waals surface area contributed by atoms with Gasteiger partial charge in [0.05, 0.1) is 17.4 Å². The quantitative estimate of drug-likeness (QED) is 0.907. The number of amides is 1. The topological polar surface area (TPSA) is 67.4 Å². The molecule has 6 nitrogen and oxygen atoms in total. The lowest BCUT2D eigenvalue weighted by Crippen LogP contribution is -2.48. The monoisotopic (exact) mass is 356 g/mol. The molecule has 0 aliphatic carbocycles. The Morgan fingerprint density at radius 1 is 1.27 bits per heavy atom. The predicted octanol–water partition coefficient (Wildman–Crippen LogP) is 3.60. The lowest BCUT2D eigenvalue weighted by Gasteiger charge is -2.41. The number of carbonyl (C=O) groups excluding carboxylic acids is 1. The third-order valence-corrected chi connectivity index (χ3v) is 4.75. The molecule has 0 radical (unpaired) electrons. The van der Waals surface area contributed by atoms with E-state index in [4.69, 9.17) is 4.74 Å². The van der Waals surface area contributed by atoms with Crippen molar-refractivity contribution in [1.82, 2.24) is 15.5 Å². The number of nitrogens with zero attached hydrogens (tertiary/aromatic N) is 3. The van der Waals surface area contributed by atoms with Crippen LogP contribution >= 0.6 is 0 Å². The van der Waals surface area contributed by atoms with Crippen molar-refractivity contribution in [2.45, 2.75) is 46.6 Å². The van der Waals surface area contributed by atoms with Crippen LogP contribution in [0, 0.1) is 19.8 Å². The molecule has 1 N–H and O–H groups in total. The number of anilines is 1. The molecular formula is C20H28N4O2. The number of rotatable bonds is 4. The van der Waals surface area contributed by atoms with E-state index in [0.29, 0.717) is 12.5 Å². The summed E-state index contributed by atoms with van der Waals surface area (Å²) >= 11 is 0. The SMILES string of the molecule is Cc1cc2nncc(N3CC(CCNC(=O)OC(C)(C)C)C3)c2cc1C. The molecule has 0 atom stereocenters. The normalized spacial score (nSPS) is 15.0. The van der Waals surface area contributed by atoms with Crippen LogP contribution in [0.1, 0.15) is 38.3 Å². The van der Waals surface area contributed by atoms with Gasteiger partial charge in [0.15, 0.2) is 0 Å². The van der Waals surface area contributed by atoms with E-state index in [1.807, 2.05) is 27.0 Å². The maximum absolute atomic E-state index is 11.7. The van der Waals surface area contributed by atoms with Gasteiger partial charge in [-0.1, -0.05) is 0 Å². The Balaban J connectivity index is 1.53. The summed E-state index contributed by atoms with van der Waals surface area (Å²) in [5.74, 6) is 0.569. The summed E-state index contributed by atoms with van der Waals surface area (Å²) in [7, 11) is 0. The zero-order valence-corrected chi connectivity index (χ0v) is 16.3. The summed E-state index contributed by atoms with van der Waals surface area (Å²) in [5, 5.41) is 12.4. The zero-order chi connectivity index (χ0) is 18.9. The van der Waals surface area contributed by atoms with E-state index in [-0.39, 0.29) is 6.09 Å². The minimum atomic E-state index is -0.455. The van der Waals surface area contributed by atoms with Crippen LogP contribution in [0.15, 0.2) is 18.3 Å². The molecule has 3 rings (SSSR count). The number of aryl methyl sites for hydroxylation is 2. The first-order valence-electron chi connectivity index (χ1n) is 9.17. The molecule has 0 bridgehead atoms. The number of ether oxygens (including phenoxy) is 1. The van der Waals surface area contributed by atoms with Crippen molar-refractivity contribution in [2.75, 3.05) is 24.5 Å². The molecule has 1 saturated heterocycles. The molecule has 140 valence electrons. The molecule has 0 spiro atoms. The third kappa shape index (κ3) is 4.23. The summed E-state index contributed by atoms with van der Waals surface area (Å²) in [6.45, 7) is 12.4. The number of hydrogen-bond acceptors (Lipinski definition) is 5. The Morgan fingerprint density at radius 2 is 1.96 bits per heavy atom. The zero-order valence-electron chi connectivity index (χ0n) is 16.3. The van der Waals surface area contributed by atoms with E-state index >= 15 is 0 Å². The van der Waals surface area contributed by atoms with E-state index in [0.717, 1.165) is 36.1 Å². The van der Waals surface area contributed by atoms with Crippen LogP contribution in [0.3, 0.4) is 0 Å². The second kappa shape index (κ2) is 7.09. The van der Waals surface area contributed by atoms with Crippen LogP contribution in [0.4, 0.5) is 10.5 Å². The number of nitrogens with one attached hydrogen (secondary N) is 1. The second-order valence-electron chi connectivity index (χ2n) is 8.17. The van der Waals surface area contributed by atoms with Crippen LogP contribution in [0.2, 0.25) is 0 Å². The van der Waals surface area contributed by atoms with Crippen molar-refractivity contribution in [3.8, 4) is 0 Å². The largest absolute Gasteiger partial charge is 0.444 e. The molecule has 1 amide bonds. The lowest BCUT2D eigenvalue weighted by molar-refractivity contribution is 0.0524. The summed E-state index contributed by atoms with van der Waals surface area (Å²) < 4.78 is 5.25. The Labute approximate surface area is 154 Å². The number of hydrogen-bond donors (Lipinski definition) is 1. The van der Waals surface area contributed by atoms with E-state index in [1.54, 1.807) is 0 Å². The molecule has 1 aliphatic rings. The van der Waals surface area contributed by atoms with Gasteiger partial charge in [0.1, 0.15) is 5.60 Å². The summed E-state index contributed by atoms with van der Waals surface area (Å²) in [4.78, 5) is 14.0. The van der Waals surface area contributed by atoms with Gasteiger partial charge >= 0.3 is 6.09 Å². The average Bonchev–Trinajstić information content (AvgIpc) is 2.49. The highest BCUT2D eigenvalue weighted by molar-refractivity contribution is 5.92. The maximum Gasteiger partial charge on any atom is 0.407 e. The van der Waals surface area contributed by atoms with Gasteiger partial charge in [-0.05, 0) is 70.2 Å². The molecule has 0 unspecified atom stereocenters. The number of carbonyl (C=O) groups is 1. The van der Waals surface area contributed by atoms with Gasteiger partial charge in [-0.2, -0.15) is 10.2 Å². The van der Waals surface area contributed by atoms with Crippen LogP contribution in [0.5, 0.6) is 0 Å². The minimum Gasteiger partial charge on any atom is -0.444 e. The third-order valence-electron chi connectivity index (χ3n) is 4.75. The van der Waals surface area contributed by atoms with E-state index in [1.165, 1.54) is 11.1 Å². The highest BCUT2D eigenvalue weighted by Crippen LogP contribution is 2.32. The first kappa shape index (κ1) is 18.4. The molecule has 2 aromatic rings. The molecule has 1 aliphatic heterocycles. The first-order valence-corrected chi connectivity index (χ1v) is 9.17. The number of aromatic nitrogens is 2. The van der Waals surface area contributed by atoms with Gasteiger partial charge < -0.3 is 15.0 Å². The van der Waals surface area contributed by atoms with Crippen molar-refractivity contribution in [3.05, 3.63) is 29.5 Å². The van der Waals surface area contributed by atoms with E-state index in [9.17, 15) is 4.79 Å². The van der Waals surface area contributed by atoms with Crippen molar-refractivity contribution in [2.24, 2.45) is 5.92 Å². The molecule has 1 aromatic carbocycles. The van der Waals surface area contributed by atoms with Gasteiger partial charge in [-0.25, -0.2) is 4.79 Å². The number of benzene rings is 1. The highest BCUT2D eigenvalue weighted by Gasteiger charge is 2.28. The van der Waals surface area contributed by atoms with Crippen LogP contribution in [0.25, 0.3) is 10.9 Å². The van der Waals surface area contributed by atoms with Gasteiger partial charge in [0.25, 0.3) is 0 Å². The van der Waals surface area contributed by atoms with Gasteiger partial charge in [0.2, 0.25) is 0 Å². The van der Waals surface area contributed by atoms with Crippen molar-refractivity contribution >= 4 is 22.7 Å². The standard InChI is InChI=1S/C20H28N4O2/c1-13-8-16-17(9-14(13)2)23-22-10-18(16)24-11-15(12-24)6-7-21-19(25)26-20(3,4)5/h8-10,15H,6-7,11-12H2,1-5H3,(H,21,25). The fourth-order valence-corrected chi connectivity index (χ4v) is 3.20. The number of fused-ring (bicyclic) bond motifs is 1. The molecule has 6 heteroatoms. The summed E-state index contributed by atoms with van der Waals surface area (Å²) in [6, 6.07) is 4.30. The van der Waals surface area contributed by atoms with Crippen LogP contribution in [-0.4, -0.2) is 41.5 Å². The molecule has 1 aromatic heterocycles. The van der Waals surface area contributed by atoms with E-state index < -0.39 is 5.60 Å². The Hall–Kier alpha value is -2.37.